The molecule has 0 aromatic heterocycles. The molecule has 2 rings (SSSR count). The monoisotopic (exact) mass is 328 g/mol. The van der Waals surface area contributed by atoms with Crippen molar-refractivity contribution in [2.45, 2.75) is 31.7 Å². The summed E-state index contributed by atoms with van der Waals surface area (Å²) in [6.45, 7) is 1.20. The van der Waals surface area contributed by atoms with Gasteiger partial charge in [-0.3, -0.25) is 4.79 Å². The molecule has 1 aliphatic carbocycles. The quantitative estimate of drug-likeness (QED) is 0.752. The van der Waals surface area contributed by atoms with E-state index in [9.17, 15) is 4.79 Å². The first-order valence-corrected chi connectivity index (χ1v) is 7.49. The second-order valence-electron chi connectivity index (χ2n) is 5.44. The van der Waals surface area contributed by atoms with Crippen LogP contribution in [0.15, 0.2) is 24.3 Å². The Morgan fingerprint density at radius 2 is 2.14 bits per heavy atom. The topological polar surface area (TPSA) is 73.6 Å². The molecular formula is C16H25ClN2O3. The van der Waals surface area contributed by atoms with Gasteiger partial charge in [-0.1, -0.05) is 6.07 Å². The molecule has 2 atom stereocenters. The number of hydrogen-bond acceptors (Lipinski definition) is 4. The van der Waals surface area contributed by atoms with Gasteiger partial charge in [0.05, 0.1) is 13.7 Å². The van der Waals surface area contributed by atoms with E-state index in [1.165, 1.54) is 0 Å². The molecule has 0 radical (unpaired) electrons. The molecule has 6 heteroatoms. The van der Waals surface area contributed by atoms with Gasteiger partial charge in [0.25, 0.3) is 0 Å². The molecule has 1 amide bonds. The lowest BCUT2D eigenvalue weighted by Gasteiger charge is -2.11. The molecule has 22 heavy (non-hydrogen) atoms. The summed E-state index contributed by atoms with van der Waals surface area (Å²) >= 11 is 0. The number of amides is 1. The fourth-order valence-electron chi connectivity index (χ4n) is 2.56. The van der Waals surface area contributed by atoms with Crippen LogP contribution in [-0.2, 0) is 4.79 Å². The van der Waals surface area contributed by atoms with Crippen LogP contribution in [0.25, 0.3) is 0 Å². The summed E-state index contributed by atoms with van der Waals surface area (Å²) in [5.74, 6) is 1.78. The van der Waals surface area contributed by atoms with E-state index in [1.807, 2.05) is 24.3 Å². The smallest absolute Gasteiger partial charge is 0.223 e. The molecule has 1 fully saturated rings. The van der Waals surface area contributed by atoms with Crippen molar-refractivity contribution >= 4 is 18.3 Å². The highest BCUT2D eigenvalue weighted by atomic mass is 35.5. The summed E-state index contributed by atoms with van der Waals surface area (Å²) in [5, 5.41) is 2.95. The van der Waals surface area contributed by atoms with E-state index in [0.717, 1.165) is 37.2 Å². The molecule has 1 aliphatic rings. The number of hydrogen-bond donors (Lipinski definition) is 2. The van der Waals surface area contributed by atoms with E-state index in [0.29, 0.717) is 13.2 Å². The molecule has 1 aromatic carbocycles. The lowest BCUT2D eigenvalue weighted by Crippen LogP contribution is -2.31. The molecule has 0 aliphatic heterocycles. The minimum Gasteiger partial charge on any atom is -0.497 e. The number of carbonyl (C=O) groups excluding carboxylic acids is 1. The zero-order valence-corrected chi connectivity index (χ0v) is 13.7. The van der Waals surface area contributed by atoms with Crippen LogP contribution in [0.3, 0.4) is 0 Å². The van der Waals surface area contributed by atoms with Crippen LogP contribution >= 0.6 is 12.4 Å². The number of nitrogens with one attached hydrogen (secondary N) is 1. The van der Waals surface area contributed by atoms with Crippen molar-refractivity contribution in [1.29, 1.82) is 0 Å². The lowest BCUT2D eigenvalue weighted by molar-refractivity contribution is -0.124. The van der Waals surface area contributed by atoms with E-state index in [-0.39, 0.29) is 30.3 Å². The number of ether oxygens (including phenoxy) is 2. The van der Waals surface area contributed by atoms with Gasteiger partial charge in [0.1, 0.15) is 11.5 Å². The van der Waals surface area contributed by atoms with E-state index in [1.54, 1.807) is 7.11 Å². The van der Waals surface area contributed by atoms with Gasteiger partial charge in [-0.15, -0.1) is 12.4 Å². The molecule has 3 N–H and O–H groups in total. The first-order chi connectivity index (χ1) is 10.2. The third-order valence-electron chi connectivity index (χ3n) is 3.77. The van der Waals surface area contributed by atoms with E-state index in [4.69, 9.17) is 15.2 Å². The average molecular weight is 329 g/mol. The summed E-state index contributed by atoms with van der Waals surface area (Å²) in [4.78, 5) is 11.9. The summed E-state index contributed by atoms with van der Waals surface area (Å²) < 4.78 is 10.8. The zero-order valence-electron chi connectivity index (χ0n) is 12.9. The Balaban J connectivity index is 0.00000242. The Hall–Kier alpha value is -1.46. The van der Waals surface area contributed by atoms with Crippen LogP contribution in [0.1, 0.15) is 25.7 Å². The lowest BCUT2D eigenvalue weighted by atomic mass is 10.1. The molecular weight excluding hydrogens is 304 g/mol. The highest BCUT2D eigenvalue weighted by molar-refractivity contribution is 5.85. The van der Waals surface area contributed by atoms with Crippen LogP contribution in [0.4, 0.5) is 0 Å². The van der Waals surface area contributed by atoms with Gasteiger partial charge in [0.2, 0.25) is 5.91 Å². The molecule has 0 bridgehead atoms. The largest absolute Gasteiger partial charge is 0.497 e. The van der Waals surface area contributed by atoms with Crippen molar-refractivity contribution in [2.75, 3.05) is 20.3 Å². The summed E-state index contributed by atoms with van der Waals surface area (Å²) in [7, 11) is 1.63. The van der Waals surface area contributed by atoms with Crippen LogP contribution < -0.4 is 20.5 Å². The SMILES string of the molecule is COc1cccc(OCCCNC(=O)C2CCC(N)C2)c1.Cl. The van der Waals surface area contributed by atoms with Crippen molar-refractivity contribution in [3.63, 3.8) is 0 Å². The Labute approximate surface area is 138 Å². The van der Waals surface area contributed by atoms with Crippen molar-refractivity contribution in [2.24, 2.45) is 11.7 Å². The maximum atomic E-state index is 11.9. The van der Waals surface area contributed by atoms with Crippen molar-refractivity contribution in [1.82, 2.24) is 5.32 Å². The Morgan fingerprint density at radius 3 is 2.82 bits per heavy atom. The van der Waals surface area contributed by atoms with Gasteiger partial charge in [0, 0.05) is 24.6 Å². The second-order valence-corrected chi connectivity index (χ2v) is 5.44. The number of rotatable bonds is 7. The Kier molecular flexibility index (Phi) is 8.06. The predicted molar refractivity (Wildman–Crippen MR) is 88.7 cm³/mol. The minimum absolute atomic E-state index is 0. The van der Waals surface area contributed by atoms with Crippen LogP contribution in [-0.4, -0.2) is 32.2 Å². The van der Waals surface area contributed by atoms with E-state index >= 15 is 0 Å². The zero-order chi connectivity index (χ0) is 15.1. The summed E-state index contributed by atoms with van der Waals surface area (Å²) in [5.41, 5.74) is 5.82. The van der Waals surface area contributed by atoms with Gasteiger partial charge < -0.3 is 20.5 Å². The number of carbonyl (C=O) groups is 1. The highest BCUT2D eigenvalue weighted by Gasteiger charge is 2.27. The maximum absolute atomic E-state index is 11.9. The van der Waals surface area contributed by atoms with Gasteiger partial charge in [-0.05, 0) is 37.8 Å². The van der Waals surface area contributed by atoms with Gasteiger partial charge in [-0.25, -0.2) is 0 Å². The maximum Gasteiger partial charge on any atom is 0.223 e. The fourth-order valence-corrected chi connectivity index (χ4v) is 2.56. The molecule has 5 nitrogen and oxygen atoms in total. The van der Waals surface area contributed by atoms with Gasteiger partial charge >= 0.3 is 0 Å². The Bertz CT molecular complexity index is 470. The second kappa shape index (κ2) is 9.54. The molecule has 0 spiro atoms. The third kappa shape index (κ3) is 5.73. The van der Waals surface area contributed by atoms with E-state index < -0.39 is 0 Å². The number of halogens is 1. The molecule has 0 saturated heterocycles. The molecule has 2 unspecified atom stereocenters. The number of nitrogens with two attached hydrogens (primary N) is 1. The minimum atomic E-state index is 0. The first-order valence-electron chi connectivity index (χ1n) is 7.49. The van der Waals surface area contributed by atoms with Crippen molar-refractivity contribution in [3.05, 3.63) is 24.3 Å². The van der Waals surface area contributed by atoms with E-state index in [2.05, 4.69) is 5.32 Å². The summed E-state index contributed by atoms with van der Waals surface area (Å²) in [6, 6.07) is 7.69. The standard InChI is InChI=1S/C16H24N2O3.ClH/c1-20-14-4-2-5-15(11-14)21-9-3-8-18-16(19)12-6-7-13(17)10-12;/h2,4-5,11-13H,3,6-10,17H2,1H3,(H,18,19);1H. The fraction of sp³-hybridized carbons (Fsp3) is 0.562. The Morgan fingerprint density at radius 1 is 1.36 bits per heavy atom. The van der Waals surface area contributed by atoms with Crippen LogP contribution in [0, 0.1) is 5.92 Å². The third-order valence-corrected chi connectivity index (χ3v) is 3.77. The normalized spacial score (nSPS) is 20.1. The number of benzene rings is 1. The molecule has 124 valence electrons. The number of methoxy groups -OCH3 is 1. The summed E-state index contributed by atoms with van der Waals surface area (Å²) in [6.07, 6.45) is 3.46. The van der Waals surface area contributed by atoms with Crippen LogP contribution in [0.2, 0.25) is 0 Å². The van der Waals surface area contributed by atoms with Crippen molar-refractivity contribution < 1.29 is 14.3 Å². The molecule has 1 saturated carbocycles. The molecule has 1 aromatic rings. The van der Waals surface area contributed by atoms with Crippen LogP contribution in [0.5, 0.6) is 11.5 Å². The highest BCUT2D eigenvalue weighted by Crippen LogP contribution is 2.24. The average Bonchev–Trinajstić information content (AvgIpc) is 2.93. The molecule has 0 heterocycles. The van der Waals surface area contributed by atoms with Crippen molar-refractivity contribution in [3.8, 4) is 11.5 Å². The first kappa shape index (κ1) is 18.6. The van der Waals surface area contributed by atoms with Gasteiger partial charge in [0.15, 0.2) is 0 Å². The van der Waals surface area contributed by atoms with Gasteiger partial charge in [-0.2, -0.15) is 0 Å². The predicted octanol–water partition coefficient (Wildman–Crippen LogP) is 2.13.